The average Bonchev–Trinajstić information content (AvgIpc) is 2.69. The van der Waals surface area contributed by atoms with E-state index in [-0.39, 0.29) is 30.5 Å². The second-order valence-corrected chi connectivity index (χ2v) is 5.90. The van der Waals surface area contributed by atoms with Crippen LogP contribution in [0.15, 0.2) is 47.5 Å². The molecule has 5 nitrogen and oxygen atoms in total. The number of hydrogen-bond acceptors (Lipinski definition) is 3. The van der Waals surface area contributed by atoms with Gasteiger partial charge in [0.15, 0.2) is 17.5 Å². The summed E-state index contributed by atoms with van der Waals surface area (Å²) in [5, 5.41) is 6.24. The third-order valence-electron chi connectivity index (χ3n) is 3.95. The van der Waals surface area contributed by atoms with Crippen LogP contribution >= 0.6 is 24.0 Å². The Morgan fingerprint density at radius 1 is 1.03 bits per heavy atom. The minimum Gasteiger partial charge on any atom is -0.493 e. The Morgan fingerprint density at radius 2 is 1.76 bits per heavy atom. The van der Waals surface area contributed by atoms with Crippen LogP contribution in [0.4, 0.5) is 13.2 Å². The minimum atomic E-state index is -4.37. The standard InChI is InChI=1S/C20H24F3N3O2.HI/c1-4-24-19(25-12-14-7-5-9-16(11-14)20(21,22)23)26-13-15-8-6-10-17(27-2)18(15)28-3;/h5-11H,4,12-13H2,1-3H3,(H2,24,25,26);1H. The Kier molecular flexibility index (Phi) is 10.1. The quantitative estimate of drug-likeness (QED) is 0.317. The normalized spacial score (nSPS) is 11.4. The van der Waals surface area contributed by atoms with E-state index in [9.17, 15) is 13.2 Å². The Morgan fingerprint density at radius 3 is 2.38 bits per heavy atom. The number of benzene rings is 2. The summed E-state index contributed by atoms with van der Waals surface area (Å²) in [5.41, 5.74) is 0.664. The number of nitrogens with zero attached hydrogens (tertiary/aromatic N) is 1. The van der Waals surface area contributed by atoms with Crippen molar-refractivity contribution in [3.05, 3.63) is 59.2 Å². The van der Waals surface area contributed by atoms with Crippen molar-refractivity contribution in [2.24, 2.45) is 4.99 Å². The van der Waals surface area contributed by atoms with Gasteiger partial charge in [-0.2, -0.15) is 13.2 Å². The molecule has 0 fully saturated rings. The van der Waals surface area contributed by atoms with Gasteiger partial charge < -0.3 is 20.1 Å². The number of guanidine groups is 1. The van der Waals surface area contributed by atoms with E-state index in [2.05, 4.69) is 15.6 Å². The lowest BCUT2D eigenvalue weighted by Crippen LogP contribution is -2.36. The molecule has 9 heteroatoms. The maximum absolute atomic E-state index is 12.8. The summed E-state index contributed by atoms with van der Waals surface area (Å²) in [7, 11) is 3.13. The van der Waals surface area contributed by atoms with E-state index in [0.29, 0.717) is 36.1 Å². The number of para-hydroxylation sites is 1. The van der Waals surface area contributed by atoms with Crippen LogP contribution in [0, 0.1) is 0 Å². The maximum Gasteiger partial charge on any atom is 0.416 e. The highest BCUT2D eigenvalue weighted by Crippen LogP contribution is 2.31. The molecule has 0 amide bonds. The molecule has 0 spiro atoms. The third-order valence-corrected chi connectivity index (χ3v) is 3.95. The summed E-state index contributed by atoms with van der Waals surface area (Å²) in [6, 6.07) is 10.7. The van der Waals surface area contributed by atoms with Crippen molar-refractivity contribution >= 4 is 29.9 Å². The largest absolute Gasteiger partial charge is 0.493 e. The molecule has 2 N–H and O–H groups in total. The molecule has 2 aromatic rings. The van der Waals surface area contributed by atoms with Gasteiger partial charge in [0.2, 0.25) is 0 Å². The molecule has 2 aromatic carbocycles. The maximum atomic E-state index is 12.8. The monoisotopic (exact) mass is 523 g/mol. The van der Waals surface area contributed by atoms with Crippen molar-refractivity contribution in [2.45, 2.75) is 26.2 Å². The molecule has 0 atom stereocenters. The van der Waals surface area contributed by atoms with Crippen LogP contribution < -0.4 is 20.1 Å². The Bertz CT molecular complexity index is 814. The second-order valence-electron chi connectivity index (χ2n) is 5.90. The molecule has 0 saturated heterocycles. The van der Waals surface area contributed by atoms with Crippen LogP contribution in [0.5, 0.6) is 11.5 Å². The van der Waals surface area contributed by atoms with Gasteiger partial charge in [0.05, 0.1) is 26.3 Å². The molecule has 29 heavy (non-hydrogen) atoms. The number of halogens is 4. The first kappa shape index (κ1) is 24.9. The fourth-order valence-electron chi connectivity index (χ4n) is 2.63. The summed E-state index contributed by atoms with van der Waals surface area (Å²) < 4.78 is 49.2. The summed E-state index contributed by atoms with van der Waals surface area (Å²) >= 11 is 0. The number of alkyl halides is 3. The van der Waals surface area contributed by atoms with E-state index in [1.807, 2.05) is 19.1 Å². The summed E-state index contributed by atoms with van der Waals surface area (Å²) in [6.45, 7) is 3.06. The van der Waals surface area contributed by atoms with Gasteiger partial charge in [-0.3, -0.25) is 0 Å². The van der Waals surface area contributed by atoms with Crippen LogP contribution in [0.2, 0.25) is 0 Å². The Balaban J connectivity index is 0.00000420. The van der Waals surface area contributed by atoms with Gasteiger partial charge in [0, 0.05) is 18.7 Å². The van der Waals surface area contributed by atoms with E-state index in [1.54, 1.807) is 26.4 Å². The van der Waals surface area contributed by atoms with Gasteiger partial charge in [-0.15, -0.1) is 24.0 Å². The van der Waals surface area contributed by atoms with Crippen molar-refractivity contribution < 1.29 is 22.6 Å². The van der Waals surface area contributed by atoms with Crippen molar-refractivity contribution in [2.75, 3.05) is 20.8 Å². The molecule has 0 aliphatic carbocycles. The van der Waals surface area contributed by atoms with E-state index >= 15 is 0 Å². The van der Waals surface area contributed by atoms with E-state index < -0.39 is 11.7 Å². The van der Waals surface area contributed by atoms with Crippen LogP contribution in [0.1, 0.15) is 23.6 Å². The van der Waals surface area contributed by atoms with Gasteiger partial charge in [0.25, 0.3) is 0 Å². The lowest BCUT2D eigenvalue weighted by molar-refractivity contribution is -0.137. The fourth-order valence-corrected chi connectivity index (χ4v) is 2.63. The smallest absolute Gasteiger partial charge is 0.416 e. The molecule has 0 aromatic heterocycles. The molecule has 0 saturated carbocycles. The molecule has 2 rings (SSSR count). The van der Waals surface area contributed by atoms with Gasteiger partial charge in [0.1, 0.15) is 0 Å². The van der Waals surface area contributed by atoms with Gasteiger partial charge >= 0.3 is 6.18 Å². The van der Waals surface area contributed by atoms with E-state index in [1.165, 1.54) is 6.07 Å². The first-order valence-electron chi connectivity index (χ1n) is 8.77. The molecular formula is C20H25F3IN3O2. The zero-order valence-electron chi connectivity index (χ0n) is 16.5. The van der Waals surface area contributed by atoms with E-state index in [4.69, 9.17) is 9.47 Å². The number of ether oxygens (including phenoxy) is 2. The van der Waals surface area contributed by atoms with Gasteiger partial charge in [-0.05, 0) is 30.7 Å². The van der Waals surface area contributed by atoms with Crippen LogP contribution in [-0.2, 0) is 19.3 Å². The molecule has 0 radical (unpaired) electrons. The fraction of sp³-hybridized carbons (Fsp3) is 0.350. The number of rotatable bonds is 7. The summed E-state index contributed by atoms with van der Waals surface area (Å²) in [5.74, 6) is 1.73. The minimum absolute atomic E-state index is 0. The van der Waals surface area contributed by atoms with Crippen molar-refractivity contribution in [1.82, 2.24) is 10.6 Å². The van der Waals surface area contributed by atoms with Crippen molar-refractivity contribution in [1.29, 1.82) is 0 Å². The van der Waals surface area contributed by atoms with Gasteiger partial charge in [-0.1, -0.05) is 24.3 Å². The second kappa shape index (κ2) is 11.7. The average molecular weight is 523 g/mol. The highest BCUT2D eigenvalue weighted by atomic mass is 127. The number of hydrogen-bond donors (Lipinski definition) is 2. The lowest BCUT2D eigenvalue weighted by atomic mass is 10.1. The molecule has 0 heterocycles. The topological polar surface area (TPSA) is 54.9 Å². The van der Waals surface area contributed by atoms with Crippen LogP contribution in [0.25, 0.3) is 0 Å². The molecule has 0 aliphatic rings. The molecule has 0 aliphatic heterocycles. The zero-order chi connectivity index (χ0) is 20.6. The Labute approximate surface area is 185 Å². The van der Waals surface area contributed by atoms with Crippen molar-refractivity contribution in [3.8, 4) is 11.5 Å². The predicted octanol–water partition coefficient (Wildman–Crippen LogP) is 4.60. The SMILES string of the molecule is CCNC(=NCc1cccc(C(F)(F)F)c1)NCc1cccc(OC)c1OC.I. The summed E-state index contributed by atoms with van der Waals surface area (Å²) in [4.78, 5) is 4.38. The molecule has 0 unspecified atom stereocenters. The molecular weight excluding hydrogens is 498 g/mol. The van der Waals surface area contributed by atoms with E-state index in [0.717, 1.165) is 17.7 Å². The third kappa shape index (κ3) is 7.30. The highest BCUT2D eigenvalue weighted by molar-refractivity contribution is 14.0. The molecule has 0 bridgehead atoms. The predicted molar refractivity (Wildman–Crippen MR) is 118 cm³/mol. The van der Waals surface area contributed by atoms with Crippen LogP contribution in [-0.4, -0.2) is 26.7 Å². The molecule has 160 valence electrons. The highest BCUT2D eigenvalue weighted by Gasteiger charge is 2.30. The van der Waals surface area contributed by atoms with Crippen molar-refractivity contribution in [3.63, 3.8) is 0 Å². The first-order valence-corrected chi connectivity index (χ1v) is 8.77. The summed E-state index contributed by atoms with van der Waals surface area (Å²) in [6.07, 6.45) is -4.37. The van der Waals surface area contributed by atoms with Crippen LogP contribution in [0.3, 0.4) is 0 Å². The number of aliphatic imine (C=N–C) groups is 1. The van der Waals surface area contributed by atoms with Gasteiger partial charge in [-0.25, -0.2) is 4.99 Å². The zero-order valence-corrected chi connectivity index (χ0v) is 18.8. The number of methoxy groups -OCH3 is 2. The number of nitrogens with one attached hydrogen (secondary N) is 2. The Hall–Kier alpha value is -2.17. The first-order chi connectivity index (χ1) is 13.4. The lowest BCUT2D eigenvalue weighted by Gasteiger charge is -2.15.